The highest BCUT2D eigenvalue weighted by Crippen LogP contribution is 2.29. The van der Waals surface area contributed by atoms with Crippen molar-refractivity contribution in [1.82, 2.24) is 20.2 Å². The van der Waals surface area contributed by atoms with Crippen LogP contribution < -0.4 is 5.32 Å². The predicted molar refractivity (Wildman–Crippen MR) is 81.6 cm³/mol. The van der Waals surface area contributed by atoms with E-state index in [1.54, 1.807) is 7.05 Å². The summed E-state index contributed by atoms with van der Waals surface area (Å²) >= 11 is 0. The van der Waals surface area contributed by atoms with E-state index in [-0.39, 0.29) is 36.2 Å². The number of fused-ring (bicyclic) bond motifs is 2. The molecule has 9 heteroatoms. The highest BCUT2D eigenvalue weighted by molar-refractivity contribution is 5.96. The van der Waals surface area contributed by atoms with Gasteiger partial charge in [-0.3, -0.25) is 19.2 Å². The first-order valence-electron chi connectivity index (χ1n) is 8.14. The van der Waals surface area contributed by atoms with Gasteiger partial charge in [-0.2, -0.15) is 5.06 Å². The molecular formula is C15H22N4O5. The Morgan fingerprint density at radius 1 is 1.21 bits per heavy atom. The van der Waals surface area contributed by atoms with Gasteiger partial charge in [-0.05, 0) is 19.3 Å². The molecule has 0 aliphatic carbocycles. The fraction of sp³-hybridized carbons (Fsp3) is 0.733. The molecule has 0 radical (unpaired) electrons. The average molecular weight is 338 g/mol. The maximum Gasteiger partial charge on any atom is 0.345 e. The van der Waals surface area contributed by atoms with Crippen LogP contribution in [0.5, 0.6) is 0 Å². The second-order valence-corrected chi connectivity index (χ2v) is 6.43. The second kappa shape index (κ2) is 6.39. The third-order valence-electron chi connectivity index (χ3n) is 5.12. The van der Waals surface area contributed by atoms with Crippen LogP contribution in [-0.2, 0) is 19.2 Å². The van der Waals surface area contributed by atoms with Crippen LogP contribution in [0.25, 0.3) is 0 Å². The molecule has 3 aliphatic rings. The summed E-state index contributed by atoms with van der Waals surface area (Å²) in [6.07, 6.45) is 2.07. The lowest BCUT2D eigenvalue weighted by Gasteiger charge is -2.29. The third-order valence-corrected chi connectivity index (χ3v) is 5.12. The van der Waals surface area contributed by atoms with Crippen LogP contribution in [0.3, 0.4) is 0 Å². The zero-order valence-electron chi connectivity index (χ0n) is 13.9. The molecule has 9 nitrogen and oxygen atoms in total. The van der Waals surface area contributed by atoms with Crippen molar-refractivity contribution < 1.29 is 24.0 Å². The van der Waals surface area contributed by atoms with Gasteiger partial charge in [-0.15, -0.1) is 0 Å². The monoisotopic (exact) mass is 338 g/mol. The lowest BCUT2D eigenvalue weighted by atomic mass is 10.00. The molecule has 0 aromatic heterocycles. The van der Waals surface area contributed by atoms with Crippen molar-refractivity contribution in [1.29, 1.82) is 0 Å². The van der Waals surface area contributed by atoms with Crippen LogP contribution >= 0.6 is 0 Å². The van der Waals surface area contributed by atoms with Gasteiger partial charge in [0.05, 0.1) is 25.7 Å². The largest absolute Gasteiger partial charge is 0.347 e. The molecule has 0 aromatic rings. The Hall–Kier alpha value is -2.16. The summed E-state index contributed by atoms with van der Waals surface area (Å²) in [5.74, 6) is -0.572. The molecule has 4 amide bonds. The number of ketones is 1. The molecule has 3 aliphatic heterocycles. The van der Waals surface area contributed by atoms with E-state index in [1.807, 2.05) is 0 Å². The summed E-state index contributed by atoms with van der Waals surface area (Å²) in [6, 6.07) is -1.38. The lowest BCUT2D eigenvalue weighted by molar-refractivity contribution is -0.133. The van der Waals surface area contributed by atoms with Gasteiger partial charge >= 0.3 is 6.03 Å². The van der Waals surface area contributed by atoms with E-state index < -0.39 is 12.1 Å². The smallest absolute Gasteiger partial charge is 0.345 e. The summed E-state index contributed by atoms with van der Waals surface area (Å²) < 4.78 is 0. The number of carbonyl (C=O) groups excluding carboxylic acids is 4. The predicted octanol–water partition coefficient (Wildman–Crippen LogP) is -0.877. The number of urea groups is 1. The normalized spacial score (nSPS) is 29.4. The molecule has 24 heavy (non-hydrogen) atoms. The van der Waals surface area contributed by atoms with Crippen molar-refractivity contribution in [2.75, 3.05) is 27.2 Å². The van der Waals surface area contributed by atoms with Gasteiger partial charge in [0.25, 0.3) is 0 Å². The van der Waals surface area contributed by atoms with Crippen molar-refractivity contribution in [2.45, 2.75) is 43.8 Å². The molecule has 3 rings (SSSR count). The Morgan fingerprint density at radius 2 is 1.96 bits per heavy atom. The number of carbonyl (C=O) groups is 4. The molecule has 3 heterocycles. The van der Waals surface area contributed by atoms with E-state index in [0.717, 1.165) is 0 Å². The number of piperidine rings is 1. The van der Waals surface area contributed by atoms with Gasteiger partial charge in [-0.1, -0.05) is 0 Å². The van der Waals surface area contributed by atoms with Gasteiger partial charge in [0.2, 0.25) is 11.8 Å². The Kier molecular flexibility index (Phi) is 4.44. The molecule has 132 valence electrons. The van der Waals surface area contributed by atoms with E-state index in [2.05, 4.69) is 5.32 Å². The number of nitrogens with zero attached hydrogens (tertiary/aromatic N) is 3. The Balaban J connectivity index is 1.55. The maximum absolute atomic E-state index is 12.4. The van der Waals surface area contributed by atoms with Gasteiger partial charge in [-0.25, -0.2) is 4.79 Å². The summed E-state index contributed by atoms with van der Waals surface area (Å²) in [5.41, 5.74) is 0. The Morgan fingerprint density at radius 3 is 2.58 bits per heavy atom. The minimum atomic E-state index is -0.579. The first kappa shape index (κ1) is 16.7. The molecule has 2 bridgehead atoms. The summed E-state index contributed by atoms with van der Waals surface area (Å²) in [4.78, 5) is 56.3. The van der Waals surface area contributed by atoms with Gasteiger partial charge in [0.1, 0.15) is 6.04 Å². The fourth-order valence-corrected chi connectivity index (χ4v) is 3.73. The number of amides is 4. The number of hydrogen-bond acceptors (Lipinski definition) is 5. The average Bonchev–Trinajstić information content (AvgIpc) is 3.03. The van der Waals surface area contributed by atoms with Gasteiger partial charge < -0.3 is 15.1 Å². The second-order valence-electron chi connectivity index (χ2n) is 6.43. The van der Waals surface area contributed by atoms with Gasteiger partial charge in [0.15, 0.2) is 5.78 Å². The zero-order chi connectivity index (χ0) is 17.4. The van der Waals surface area contributed by atoms with Crippen molar-refractivity contribution >= 4 is 23.6 Å². The number of likely N-dealkylation sites (N-methyl/N-ethyl adjacent to an activating group) is 1. The Labute approximate surface area is 139 Å². The molecule has 0 unspecified atom stereocenters. The van der Waals surface area contributed by atoms with E-state index in [4.69, 9.17) is 4.84 Å². The minimum Gasteiger partial charge on any atom is -0.347 e. The molecule has 1 N–H and O–H groups in total. The molecule has 3 fully saturated rings. The standard InChI is InChI=1S/C15H22N4O5/c1-17-10(5-6-13(17)21)12(20)7-16-14(22)11-4-3-9-8-18(11)15(23)19(9)24-2/h9-11H,3-8H2,1-2H3,(H,16,22)/t9-,10-,11+/m1/s1. The van der Waals surface area contributed by atoms with Crippen LogP contribution in [-0.4, -0.2) is 83.9 Å². The van der Waals surface area contributed by atoms with Crippen LogP contribution in [0.15, 0.2) is 0 Å². The SMILES string of the molecule is CON1C(=O)N2C[C@H]1CC[C@H]2C(=O)NCC(=O)[C@H]1CCC(=O)N1C. The quantitative estimate of drug-likeness (QED) is 0.702. The first-order valence-corrected chi connectivity index (χ1v) is 8.14. The highest BCUT2D eigenvalue weighted by atomic mass is 16.7. The zero-order valence-corrected chi connectivity index (χ0v) is 13.9. The summed E-state index contributed by atoms with van der Waals surface area (Å²) in [5, 5.41) is 3.92. The van der Waals surface area contributed by atoms with Crippen molar-refractivity contribution in [3.05, 3.63) is 0 Å². The highest BCUT2D eigenvalue weighted by Gasteiger charge is 2.47. The van der Waals surface area contributed by atoms with E-state index in [1.165, 1.54) is 22.0 Å². The fourth-order valence-electron chi connectivity index (χ4n) is 3.73. The summed E-state index contributed by atoms with van der Waals surface area (Å²) in [6.45, 7) is 0.329. The van der Waals surface area contributed by atoms with E-state index in [9.17, 15) is 19.2 Å². The third kappa shape index (κ3) is 2.72. The number of Topliss-reactive ketones (excluding diaryl/α,β-unsaturated/α-hetero) is 1. The topological polar surface area (TPSA) is 99.3 Å². The molecule has 3 atom stereocenters. The van der Waals surface area contributed by atoms with Crippen LogP contribution in [0.4, 0.5) is 4.79 Å². The Bertz CT molecular complexity index is 580. The molecular weight excluding hydrogens is 316 g/mol. The number of hydroxylamine groups is 2. The van der Waals surface area contributed by atoms with Crippen molar-refractivity contribution in [2.24, 2.45) is 0 Å². The van der Waals surface area contributed by atoms with E-state index in [0.29, 0.717) is 32.2 Å². The first-order chi connectivity index (χ1) is 11.4. The molecule has 0 aromatic carbocycles. The van der Waals surface area contributed by atoms with E-state index >= 15 is 0 Å². The number of hydrogen-bond donors (Lipinski definition) is 1. The number of nitrogens with one attached hydrogen (secondary N) is 1. The van der Waals surface area contributed by atoms with Crippen molar-refractivity contribution in [3.63, 3.8) is 0 Å². The minimum absolute atomic E-state index is 0.0219. The van der Waals surface area contributed by atoms with Crippen LogP contribution in [0.2, 0.25) is 0 Å². The number of likely N-dealkylation sites (tertiary alicyclic amines) is 1. The summed E-state index contributed by atoms with van der Waals surface area (Å²) in [7, 11) is 3.04. The molecule has 0 spiro atoms. The number of rotatable bonds is 5. The van der Waals surface area contributed by atoms with Crippen LogP contribution in [0, 0.1) is 0 Å². The van der Waals surface area contributed by atoms with Crippen molar-refractivity contribution in [3.8, 4) is 0 Å². The molecule has 3 saturated heterocycles. The lowest BCUT2D eigenvalue weighted by Crippen LogP contribution is -2.51. The maximum atomic E-state index is 12.4. The molecule has 0 saturated carbocycles. The van der Waals surface area contributed by atoms with Gasteiger partial charge in [0, 0.05) is 20.0 Å². The van der Waals surface area contributed by atoms with Crippen LogP contribution in [0.1, 0.15) is 25.7 Å².